The largest absolute Gasteiger partial charge is 0.346 e. The van der Waals surface area contributed by atoms with Crippen LogP contribution in [-0.2, 0) is 10.8 Å². The molecule has 0 saturated heterocycles. The molecule has 10 aliphatic heterocycles. The molecule has 2 amide bonds. The lowest BCUT2D eigenvalue weighted by molar-refractivity contribution is 0.102. The van der Waals surface area contributed by atoms with E-state index in [4.69, 9.17) is 24.4 Å². The molecular formula is C60H64N4O2S2. The van der Waals surface area contributed by atoms with Gasteiger partial charge in [-0.25, -0.2) is 0 Å². The molecule has 6 nitrogen and oxygen atoms in total. The Morgan fingerprint density at radius 2 is 0.691 bits per heavy atom. The molecule has 18 rings (SSSR count). The number of thiocarbonyl (C=S) groups is 2. The van der Waals surface area contributed by atoms with Gasteiger partial charge in [0.15, 0.2) is 0 Å². The van der Waals surface area contributed by atoms with Crippen LogP contribution in [0.4, 0.5) is 22.7 Å². The third kappa shape index (κ3) is 8.82. The molecule has 12 aliphatic rings. The van der Waals surface area contributed by atoms with Crippen LogP contribution in [0.3, 0.4) is 0 Å². The first-order valence-electron chi connectivity index (χ1n) is 24.5. The number of anilines is 4. The van der Waals surface area contributed by atoms with Gasteiger partial charge in [-0.1, -0.05) is 111 Å². The standard InChI is InChI=1S/C60H64N4O2S2/c1-35-29-49-30-36(2)51(35)59(21-11-9-12-22-59)47-25-39(5)53(40(6)26-47)63-55(65)43-17-15-18-44(33-43)56(66)64-54-41(7)27-48(28-42(54)8)60(23-13-10-14-24-60)52-37(3)31-50(32-38(52)4)62-58(68)46-20-16-19-45(34-46)57(67)61-49/h15-20,25-34H,9-14,21-24H2,1-8H3,(H,61,67)(H,62,68)(H,63,65)(H,64,66). The van der Waals surface area contributed by atoms with Gasteiger partial charge < -0.3 is 21.3 Å². The number of hydrogen-bond donors (Lipinski definition) is 4. The highest BCUT2D eigenvalue weighted by atomic mass is 32.1. The van der Waals surface area contributed by atoms with Crippen molar-refractivity contribution in [1.82, 2.24) is 0 Å². The summed E-state index contributed by atoms with van der Waals surface area (Å²) in [4.78, 5) is 29.5. The first-order chi connectivity index (χ1) is 32.6. The van der Waals surface area contributed by atoms with Crippen molar-refractivity contribution in [3.8, 4) is 0 Å². The van der Waals surface area contributed by atoms with Gasteiger partial charge in [0.25, 0.3) is 11.8 Å². The van der Waals surface area contributed by atoms with Crippen LogP contribution in [0.15, 0.2) is 97.1 Å². The van der Waals surface area contributed by atoms with Crippen molar-refractivity contribution in [3.63, 3.8) is 0 Å². The zero-order valence-corrected chi connectivity index (χ0v) is 42.6. The van der Waals surface area contributed by atoms with E-state index in [-0.39, 0.29) is 22.6 Å². The fourth-order valence-corrected chi connectivity index (χ4v) is 13.0. The SMILES string of the molecule is Cc1cc2cc(C)c1NC(=O)c1cccc(c1)C(=O)Nc1c(C)cc(cc1C)C1(CCCCC1)c1c(C)cc(cc1C)NC(=S)c1cccc(c1)C(=S)Nc1cc(C)c(c(C)c1)C21CCCCC1. The van der Waals surface area contributed by atoms with Gasteiger partial charge in [-0.15, -0.1) is 0 Å². The predicted octanol–water partition coefficient (Wildman–Crippen LogP) is 15.0. The summed E-state index contributed by atoms with van der Waals surface area (Å²) in [6.07, 6.45) is 11.2. The van der Waals surface area contributed by atoms with Crippen LogP contribution in [0.5, 0.6) is 0 Å². The van der Waals surface area contributed by atoms with E-state index < -0.39 is 0 Å². The maximum absolute atomic E-state index is 14.1. The Labute approximate surface area is 414 Å². The second kappa shape index (κ2) is 18.9. The van der Waals surface area contributed by atoms with Crippen molar-refractivity contribution in [2.24, 2.45) is 0 Å². The van der Waals surface area contributed by atoms with Crippen LogP contribution in [0.2, 0.25) is 0 Å². The average molecular weight is 937 g/mol. The Kier molecular flexibility index (Phi) is 13.1. The predicted molar refractivity (Wildman–Crippen MR) is 291 cm³/mol. The Balaban J connectivity index is 1.14. The molecule has 0 radical (unpaired) electrons. The maximum atomic E-state index is 14.1. The second-order valence-corrected chi connectivity index (χ2v) is 21.0. The molecule has 10 heterocycles. The number of hydrogen-bond acceptors (Lipinski definition) is 4. The van der Waals surface area contributed by atoms with Gasteiger partial charge in [0.2, 0.25) is 0 Å². The van der Waals surface area contributed by atoms with Crippen LogP contribution >= 0.6 is 24.4 Å². The monoisotopic (exact) mass is 936 g/mol. The second-order valence-electron chi connectivity index (χ2n) is 20.2. The Morgan fingerprint density at radius 1 is 0.382 bits per heavy atom. The van der Waals surface area contributed by atoms with Crippen LogP contribution < -0.4 is 21.3 Å². The smallest absolute Gasteiger partial charge is 0.255 e. The first kappa shape index (κ1) is 47.1. The van der Waals surface area contributed by atoms with E-state index in [1.807, 2.05) is 18.2 Å². The molecule has 0 aromatic heterocycles. The number of nitrogens with one attached hydrogen (secondary N) is 4. The lowest BCUT2D eigenvalue weighted by atomic mass is 9.62. The van der Waals surface area contributed by atoms with Crippen LogP contribution in [0.1, 0.15) is 163 Å². The highest BCUT2D eigenvalue weighted by Crippen LogP contribution is 2.50. The molecule has 0 unspecified atom stereocenters. The van der Waals surface area contributed by atoms with Crippen molar-refractivity contribution < 1.29 is 9.59 Å². The third-order valence-electron chi connectivity index (χ3n) is 15.4. The van der Waals surface area contributed by atoms with Crippen LogP contribution in [0, 0.1) is 55.4 Å². The summed E-state index contributed by atoms with van der Waals surface area (Å²) in [6, 6.07) is 33.4. The molecular weight excluding hydrogens is 873 g/mol. The summed E-state index contributed by atoms with van der Waals surface area (Å²) in [5.41, 5.74) is 20.1. The van der Waals surface area contributed by atoms with Crippen molar-refractivity contribution in [2.75, 3.05) is 21.3 Å². The van der Waals surface area contributed by atoms with Gasteiger partial charge in [-0.2, -0.15) is 0 Å². The van der Waals surface area contributed by atoms with E-state index in [9.17, 15) is 9.59 Å². The molecule has 2 saturated carbocycles. The Hall–Kier alpha value is -5.96. The zero-order valence-electron chi connectivity index (χ0n) is 40.9. The molecule has 68 heavy (non-hydrogen) atoms. The van der Waals surface area contributed by atoms with Crippen LogP contribution in [0.25, 0.3) is 0 Å². The van der Waals surface area contributed by atoms with E-state index >= 15 is 0 Å². The van der Waals surface area contributed by atoms with Crippen LogP contribution in [-0.4, -0.2) is 21.8 Å². The number of rotatable bonds is 0. The fraction of sp³-hybridized carbons (Fsp3) is 0.333. The molecule has 2 aliphatic carbocycles. The fourth-order valence-electron chi connectivity index (χ4n) is 12.5. The number of carbonyl (C=O) groups is 2. The minimum absolute atomic E-state index is 0.174. The maximum Gasteiger partial charge on any atom is 0.255 e. The first-order valence-corrected chi connectivity index (χ1v) is 25.3. The molecule has 2 spiro atoms. The molecule has 12 bridgehead atoms. The summed E-state index contributed by atoms with van der Waals surface area (Å²) in [5.74, 6) is -0.494. The van der Waals surface area contributed by atoms with Gasteiger partial charge in [0, 0.05) is 55.8 Å². The topological polar surface area (TPSA) is 82.3 Å². The van der Waals surface area contributed by atoms with E-state index in [1.165, 1.54) is 57.3 Å². The molecule has 8 heteroatoms. The van der Waals surface area contributed by atoms with Crippen molar-refractivity contribution >= 4 is 69.0 Å². The lowest BCUT2D eigenvalue weighted by Gasteiger charge is -2.41. The third-order valence-corrected chi connectivity index (χ3v) is 16.0. The number of aryl methyl sites for hydroxylation is 8. The highest BCUT2D eigenvalue weighted by molar-refractivity contribution is 7.81. The van der Waals surface area contributed by atoms with E-state index in [2.05, 4.69) is 131 Å². The number of amides is 2. The zero-order chi connectivity index (χ0) is 48.1. The number of carbonyl (C=O) groups excluding carboxylic acids is 2. The lowest BCUT2D eigenvalue weighted by Crippen LogP contribution is -2.33. The summed E-state index contributed by atoms with van der Waals surface area (Å²) in [6.45, 7) is 17.3. The summed E-state index contributed by atoms with van der Waals surface area (Å²) in [5, 5.41) is 13.7. The minimum Gasteiger partial charge on any atom is -0.346 e. The van der Waals surface area contributed by atoms with Crippen molar-refractivity contribution in [1.29, 1.82) is 0 Å². The summed E-state index contributed by atoms with van der Waals surface area (Å²) < 4.78 is 0. The van der Waals surface area contributed by atoms with Crippen molar-refractivity contribution in [3.05, 3.63) is 186 Å². The van der Waals surface area contributed by atoms with Gasteiger partial charge >= 0.3 is 0 Å². The summed E-state index contributed by atoms with van der Waals surface area (Å²) >= 11 is 12.2. The van der Waals surface area contributed by atoms with Gasteiger partial charge in [0.1, 0.15) is 9.98 Å². The molecule has 6 aromatic carbocycles. The number of benzene rings is 6. The molecule has 2 fully saturated rings. The molecule has 4 N–H and O–H groups in total. The summed E-state index contributed by atoms with van der Waals surface area (Å²) in [7, 11) is 0. The molecule has 348 valence electrons. The van der Waals surface area contributed by atoms with Gasteiger partial charge in [0.05, 0.1) is 0 Å². The molecule has 6 aromatic rings. The minimum atomic E-state index is -0.247. The van der Waals surface area contributed by atoms with E-state index in [1.54, 1.807) is 24.3 Å². The van der Waals surface area contributed by atoms with Gasteiger partial charge in [-0.3, -0.25) is 9.59 Å². The van der Waals surface area contributed by atoms with E-state index in [0.717, 1.165) is 107 Å². The Morgan fingerprint density at radius 3 is 1.03 bits per heavy atom. The highest BCUT2D eigenvalue weighted by Gasteiger charge is 2.40. The Bertz CT molecular complexity index is 2760. The van der Waals surface area contributed by atoms with Gasteiger partial charge in [-0.05, 0) is 196 Å². The van der Waals surface area contributed by atoms with Crippen molar-refractivity contribution in [2.45, 2.75) is 130 Å². The quantitative estimate of drug-likeness (QED) is 0.114. The van der Waals surface area contributed by atoms with E-state index in [0.29, 0.717) is 21.1 Å². The normalized spacial score (nSPS) is 17.1. The molecule has 0 atom stereocenters. The average Bonchev–Trinajstić information content (AvgIpc) is 3.31.